The summed E-state index contributed by atoms with van der Waals surface area (Å²) in [5.74, 6) is 4.38. The molecule has 0 radical (unpaired) electrons. The van der Waals surface area contributed by atoms with Crippen molar-refractivity contribution in [3.8, 4) is 57.4 Å². The summed E-state index contributed by atoms with van der Waals surface area (Å²) in [6.07, 6.45) is 11.3. The first-order valence-electron chi connectivity index (χ1n) is 39.6. The van der Waals surface area contributed by atoms with Crippen molar-refractivity contribution in [2.24, 2.45) is 0 Å². The Hall–Kier alpha value is -11.1. The van der Waals surface area contributed by atoms with Crippen molar-refractivity contribution in [3.63, 3.8) is 0 Å². The van der Waals surface area contributed by atoms with E-state index in [2.05, 4.69) is 250 Å². The van der Waals surface area contributed by atoms with Gasteiger partial charge in [0, 0.05) is 202 Å². The van der Waals surface area contributed by atoms with Gasteiger partial charge in [-0.15, -0.1) is 83.3 Å². The first kappa shape index (κ1) is 87.7. The largest absolute Gasteiger partial charge is 0.508 e. The quantitative estimate of drug-likeness (QED) is 0.0950. The van der Waals surface area contributed by atoms with Crippen molar-refractivity contribution >= 4 is 68.1 Å². The zero-order valence-electron chi connectivity index (χ0n) is 71.6. The number of fused-ring (bicyclic) bond motifs is 6. The van der Waals surface area contributed by atoms with Crippen LogP contribution in [0.1, 0.15) is 138 Å². The first-order chi connectivity index (χ1) is 56.3. The van der Waals surface area contributed by atoms with Gasteiger partial charge in [-0.05, 0) is 168 Å². The second-order valence-corrected chi connectivity index (χ2v) is 33.8. The van der Waals surface area contributed by atoms with Crippen molar-refractivity contribution in [1.82, 2.24) is 43.1 Å². The summed E-state index contributed by atoms with van der Waals surface area (Å²) in [7, 11) is 6.13. The fraction of sp³-hybridized carbons (Fsp3) is 0.242. The summed E-state index contributed by atoms with van der Waals surface area (Å²) in [5.41, 5.74) is 24.3. The Labute approximate surface area is 754 Å². The van der Waals surface area contributed by atoms with Crippen molar-refractivity contribution in [2.75, 3.05) is 50.5 Å². The van der Waals surface area contributed by atoms with E-state index in [4.69, 9.17) is 43.9 Å². The molecule has 0 aliphatic carbocycles. The van der Waals surface area contributed by atoms with Crippen molar-refractivity contribution < 1.29 is 82.1 Å². The molecule has 18 rings (SSSR count). The van der Waals surface area contributed by atoms with E-state index in [1.807, 2.05) is 188 Å². The number of aromatic nitrogens is 9. The molecule has 12 heterocycles. The minimum Gasteiger partial charge on any atom is -0.508 e. The third-order valence-corrected chi connectivity index (χ3v) is 22.0. The van der Waals surface area contributed by atoms with Gasteiger partial charge in [-0.3, -0.25) is 19.9 Å². The minimum absolute atomic E-state index is 0. The fourth-order valence-corrected chi connectivity index (χ4v) is 14.8. The Balaban J connectivity index is 0.000000155. The molecular formula is C99H96N15O4Pt3-9. The molecular weight excluding hydrogens is 2050 g/mol. The second kappa shape index (κ2) is 34.8. The maximum atomic E-state index is 6.48. The van der Waals surface area contributed by atoms with Crippen LogP contribution < -0.4 is 48.3 Å². The number of pyridine rings is 6. The Morgan fingerprint density at radius 2 is 0.702 bits per heavy atom. The van der Waals surface area contributed by atoms with Crippen LogP contribution in [0, 0.1) is 97.9 Å². The van der Waals surface area contributed by atoms with Gasteiger partial charge in [0.15, 0.2) is 0 Å². The number of imidazole rings is 3. The molecule has 15 aromatic rings. The third kappa shape index (κ3) is 17.9. The number of ether oxygens (including phenoxy) is 4. The predicted octanol–water partition coefficient (Wildman–Crippen LogP) is 23.0. The summed E-state index contributed by atoms with van der Waals surface area (Å²) < 4.78 is 31.6. The topological polar surface area (TPSA) is 147 Å². The van der Waals surface area contributed by atoms with Gasteiger partial charge in [0.2, 0.25) is 5.88 Å². The van der Waals surface area contributed by atoms with E-state index < -0.39 is 5.41 Å². The summed E-state index contributed by atoms with van der Waals surface area (Å²) >= 11 is 0. The van der Waals surface area contributed by atoms with E-state index in [1.54, 1.807) is 6.20 Å². The Morgan fingerprint density at radius 1 is 0.339 bits per heavy atom. The number of hydrogen-bond donors (Lipinski definition) is 0. The molecule has 0 fully saturated rings. The predicted molar refractivity (Wildman–Crippen MR) is 470 cm³/mol. The van der Waals surface area contributed by atoms with Gasteiger partial charge >= 0.3 is 0 Å². The Kier molecular flexibility index (Phi) is 25.2. The van der Waals surface area contributed by atoms with Crippen molar-refractivity contribution in [1.29, 1.82) is 0 Å². The zero-order valence-corrected chi connectivity index (χ0v) is 78.4. The molecule has 22 heteroatoms. The van der Waals surface area contributed by atoms with E-state index in [0.29, 0.717) is 51.8 Å². The van der Waals surface area contributed by atoms with E-state index >= 15 is 0 Å². The minimum atomic E-state index is -0.476. The monoisotopic (exact) mass is 2140 g/mol. The van der Waals surface area contributed by atoms with Crippen LogP contribution in [0.4, 0.5) is 51.2 Å². The molecule has 3 aliphatic rings. The summed E-state index contributed by atoms with van der Waals surface area (Å²) in [6, 6.07) is 75.7. The number of aryl methyl sites for hydroxylation is 6. The standard InChI is InChI=1S/C35H36N5O.C32H30N5O2.C32H30N5O.3Pt/c1-23-24(2)39-21-28(20-29(33(39)37-23)35(6,7)32-18-25(16-17-36-32)34(3,4)5)41-27-13-11-12-26(19-27)40-22-38(8)30-14-9-10-15-31(30)40;1-21-22(2)36-19-26(18-29(31(36)34-21)39-30-16-23(14-15-33-30)32(3,4)5)38-25-11-9-10-24(17-25)37-20-35(6)27-12-7-8-13-28(27)37;1-21-22(2)36-19-26(18-27(31(36)34-21)28-16-23(14-15-33-28)32(3,4)5)38-25-11-9-10-24(17-25)37-20-35(6)29-12-7-8-13-30(29)37;;;/h9-18,21-22H,1-8H3;7-16,19-20H,1-6H3;7-16,19-20H,1-6H3;;;/q3*-3;;;. The van der Waals surface area contributed by atoms with Crippen LogP contribution >= 0.6 is 0 Å². The average Bonchev–Trinajstić information content (AvgIpc) is 1.72. The van der Waals surface area contributed by atoms with Gasteiger partial charge in [-0.1, -0.05) is 149 Å². The summed E-state index contributed by atoms with van der Waals surface area (Å²) in [6.45, 7) is 42.5. The number of benzene rings is 6. The molecule has 0 saturated heterocycles. The van der Waals surface area contributed by atoms with Crippen LogP contribution in [0.25, 0.3) is 28.2 Å². The van der Waals surface area contributed by atoms with Crippen LogP contribution in [0.3, 0.4) is 0 Å². The number of nitrogens with zero attached hydrogens (tertiary/aromatic N) is 15. The van der Waals surface area contributed by atoms with E-state index in [9.17, 15) is 0 Å². The van der Waals surface area contributed by atoms with E-state index in [-0.39, 0.29) is 79.4 Å². The maximum Gasteiger partial charge on any atom is 0.216 e. The van der Waals surface area contributed by atoms with Gasteiger partial charge in [-0.25, -0.2) is 4.98 Å². The molecule has 3 aliphatic heterocycles. The molecule has 0 saturated carbocycles. The SMILES string of the molecule is Cc1nc2c(-c3cc(C(C)(C)C)ccn3)[c-]c(Oc3[c-]c(N4[CH-]N(C)c5ccccc54)ccc3)cn2c1C.Cc1nc2c(C(C)(C)c3cc(C(C)(C)C)ccn3)[c-]c(Oc3[c-]c(N4[CH-]N(C)c5ccccc54)ccc3)cn2c1C.Cc1nc2c(Oc3cc(C(C)(C)C)ccn3)[c-]c(Oc3[c-]c(N4[CH-]N(C)c5ccccc54)ccc3)cn2c1C.[Pt].[Pt].[Pt]. The van der Waals surface area contributed by atoms with Crippen molar-refractivity contribution in [3.05, 3.63) is 319 Å². The Bertz CT molecular complexity index is 6330. The smallest absolute Gasteiger partial charge is 0.216 e. The van der Waals surface area contributed by atoms with Gasteiger partial charge in [0.1, 0.15) is 0 Å². The Morgan fingerprint density at radius 3 is 1.15 bits per heavy atom. The van der Waals surface area contributed by atoms with Crippen LogP contribution in [-0.2, 0) is 84.9 Å². The molecule has 0 N–H and O–H groups in total. The fourth-order valence-electron chi connectivity index (χ4n) is 14.8. The van der Waals surface area contributed by atoms with Crippen LogP contribution in [-0.4, -0.2) is 64.2 Å². The van der Waals surface area contributed by atoms with Crippen molar-refractivity contribution in [2.45, 2.75) is 139 Å². The zero-order chi connectivity index (χ0) is 83.0. The number of rotatable bonds is 14. The molecule has 0 unspecified atom stereocenters. The van der Waals surface area contributed by atoms with Gasteiger partial charge in [-0.2, -0.15) is 38.2 Å². The normalized spacial score (nSPS) is 13.1. The first-order valence-corrected chi connectivity index (χ1v) is 39.6. The maximum absolute atomic E-state index is 6.48. The van der Waals surface area contributed by atoms with Crippen LogP contribution in [0.15, 0.2) is 201 Å². The second-order valence-electron chi connectivity index (χ2n) is 33.8. The van der Waals surface area contributed by atoms with E-state index in [1.165, 1.54) is 11.1 Å². The molecule has 0 amide bonds. The molecule has 121 heavy (non-hydrogen) atoms. The molecule has 0 atom stereocenters. The van der Waals surface area contributed by atoms with Gasteiger partial charge < -0.3 is 66.5 Å². The summed E-state index contributed by atoms with van der Waals surface area (Å²) in [4.78, 5) is 41.1. The van der Waals surface area contributed by atoms with Crippen LogP contribution in [0.5, 0.6) is 46.1 Å². The van der Waals surface area contributed by atoms with Gasteiger partial charge in [0.25, 0.3) is 0 Å². The average molecular weight is 2150 g/mol. The molecule has 9 aromatic heterocycles. The van der Waals surface area contributed by atoms with Gasteiger partial charge in [0.05, 0.1) is 22.8 Å². The third-order valence-electron chi connectivity index (χ3n) is 22.0. The van der Waals surface area contributed by atoms with E-state index in [0.717, 1.165) is 125 Å². The molecule has 6 aromatic carbocycles. The molecule has 0 spiro atoms. The summed E-state index contributed by atoms with van der Waals surface area (Å²) in [5, 5.41) is 0. The molecule has 0 bridgehead atoms. The molecule has 19 nitrogen and oxygen atoms in total. The number of hydrogen-bond acceptors (Lipinski definition) is 16. The number of para-hydroxylation sites is 6. The number of anilines is 9. The van der Waals surface area contributed by atoms with Crippen LogP contribution in [0.2, 0.25) is 0 Å². The molecule has 630 valence electrons.